The Morgan fingerprint density at radius 3 is 2.73 bits per heavy atom. The number of amides is 1. The maximum atomic E-state index is 12.0. The monoisotopic (exact) mass is 364 g/mol. The fraction of sp³-hybridized carbons (Fsp3) is 0.133. The number of hydrogen-bond donors (Lipinski definition) is 1. The number of nitrogens with one attached hydrogen (secondary N) is 1. The van der Waals surface area contributed by atoms with E-state index in [-0.39, 0.29) is 5.69 Å². The van der Waals surface area contributed by atoms with Crippen LogP contribution in [0.25, 0.3) is 0 Å². The van der Waals surface area contributed by atoms with Crippen molar-refractivity contribution in [2.75, 3.05) is 5.32 Å². The molecule has 6 nitrogen and oxygen atoms in total. The van der Waals surface area contributed by atoms with Crippen molar-refractivity contribution < 1.29 is 19.1 Å². The Kier molecular flexibility index (Phi) is 5.11. The summed E-state index contributed by atoms with van der Waals surface area (Å²) in [6.45, 7) is 1.43. The molecule has 1 N–H and O–H groups in total. The maximum absolute atomic E-state index is 12.0. The second kappa shape index (κ2) is 7.04. The predicted octanol–water partition coefficient (Wildman–Crippen LogP) is 2.27. The van der Waals surface area contributed by atoms with Crippen LogP contribution < -0.4 is 10.0 Å². The molecule has 1 atom stereocenters. The van der Waals surface area contributed by atoms with Gasteiger partial charge in [-0.15, -0.1) is 0 Å². The highest BCUT2D eigenvalue weighted by Gasteiger charge is 2.23. The number of halogens is 1. The third-order valence-electron chi connectivity index (χ3n) is 2.78. The van der Waals surface area contributed by atoms with E-state index in [1.165, 1.54) is 31.3 Å². The lowest BCUT2D eigenvalue weighted by Crippen LogP contribution is -2.37. The van der Waals surface area contributed by atoms with Gasteiger partial charge in [0, 0.05) is 22.3 Å². The zero-order valence-electron chi connectivity index (χ0n) is 11.7. The topological polar surface area (TPSA) is 82.3 Å². The van der Waals surface area contributed by atoms with Crippen molar-refractivity contribution in [3.05, 3.63) is 64.0 Å². The Morgan fingerprint density at radius 1 is 1.27 bits per heavy atom. The van der Waals surface area contributed by atoms with Crippen LogP contribution in [0.3, 0.4) is 0 Å². The number of hydrogen-bond acceptors (Lipinski definition) is 4. The predicted molar refractivity (Wildman–Crippen MR) is 83.1 cm³/mol. The number of carbonyl (C=O) groups excluding carboxylic acids is 2. The van der Waals surface area contributed by atoms with Crippen LogP contribution in [0, 0.1) is 5.21 Å². The number of esters is 1. The second-order valence-electron chi connectivity index (χ2n) is 4.46. The first-order chi connectivity index (χ1) is 10.5. The molecule has 0 bridgehead atoms. The average molecular weight is 365 g/mol. The number of anilines is 1. The van der Waals surface area contributed by atoms with Gasteiger partial charge in [0.15, 0.2) is 12.3 Å². The van der Waals surface area contributed by atoms with Gasteiger partial charge in [0.05, 0.1) is 0 Å². The van der Waals surface area contributed by atoms with E-state index in [0.717, 1.165) is 4.47 Å². The highest BCUT2D eigenvalue weighted by atomic mass is 79.9. The van der Waals surface area contributed by atoms with Crippen LogP contribution in [-0.4, -0.2) is 18.0 Å². The molecular weight excluding hydrogens is 352 g/mol. The summed E-state index contributed by atoms with van der Waals surface area (Å²) in [6, 6.07) is 11.4. The summed E-state index contributed by atoms with van der Waals surface area (Å²) in [5, 5.41) is 14.1. The van der Waals surface area contributed by atoms with Gasteiger partial charge in [0.1, 0.15) is 0 Å². The molecule has 0 fully saturated rings. The van der Waals surface area contributed by atoms with Crippen molar-refractivity contribution in [1.29, 1.82) is 0 Å². The van der Waals surface area contributed by atoms with Crippen LogP contribution in [0.5, 0.6) is 0 Å². The van der Waals surface area contributed by atoms with Gasteiger partial charge in [-0.3, -0.25) is 4.79 Å². The minimum atomic E-state index is -1.04. The third-order valence-corrected chi connectivity index (χ3v) is 3.27. The van der Waals surface area contributed by atoms with Gasteiger partial charge in [-0.1, -0.05) is 22.0 Å². The Balaban J connectivity index is 1.99. The molecule has 0 spiro atoms. The molecule has 0 aliphatic carbocycles. The van der Waals surface area contributed by atoms with E-state index in [0.29, 0.717) is 10.4 Å². The van der Waals surface area contributed by atoms with Crippen LogP contribution in [0.1, 0.15) is 17.4 Å². The molecule has 1 heterocycles. The van der Waals surface area contributed by atoms with Gasteiger partial charge in [-0.05, 0) is 31.2 Å². The van der Waals surface area contributed by atoms with Crippen molar-refractivity contribution in [3.63, 3.8) is 0 Å². The zero-order chi connectivity index (χ0) is 16.1. The average Bonchev–Trinajstić information content (AvgIpc) is 2.47. The normalized spacial score (nSPS) is 11.5. The number of nitrogens with zero attached hydrogens (tertiary/aromatic N) is 1. The number of benzene rings is 1. The lowest BCUT2D eigenvalue weighted by atomic mass is 10.3. The molecule has 0 saturated carbocycles. The summed E-state index contributed by atoms with van der Waals surface area (Å²) < 4.78 is 6.20. The Bertz CT molecular complexity index is 705. The molecule has 1 amide bonds. The number of rotatable bonds is 4. The van der Waals surface area contributed by atoms with Crippen LogP contribution in [0.2, 0.25) is 0 Å². The molecule has 0 radical (unpaired) electrons. The molecule has 22 heavy (non-hydrogen) atoms. The third kappa shape index (κ3) is 4.05. The summed E-state index contributed by atoms with van der Waals surface area (Å²) >= 11 is 3.29. The SMILES string of the molecule is C[C@H](OC(=O)c1cccc[n+]1[O-])C(=O)Nc1cccc(Br)c1. The molecule has 1 aromatic carbocycles. The molecule has 2 rings (SSSR count). The van der Waals surface area contributed by atoms with E-state index in [9.17, 15) is 14.8 Å². The van der Waals surface area contributed by atoms with Gasteiger partial charge in [0.2, 0.25) is 0 Å². The quantitative estimate of drug-likeness (QED) is 0.512. The number of carbonyl (C=O) groups is 2. The molecular formula is C15H13BrN2O4. The van der Waals surface area contributed by atoms with Crippen LogP contribution in [-0.2, 0) is 9.53 Å². The van der Waals surface area contributed by atoms with Crippen molar-refractivity contribution >= 4 is 33.5 Å². The minimum absolute atomic E-state index is 0.176. The fourth-order valence-corrected chi connectivity index (χ4v) is 2.07. The summed E-state index contributed by atoms with van der Waals surface area (Å²) in [6.07, 6.45) is 0.148. The second-order valence-corrected chi connectivity index (χ2v) is 5.37. The van der Waals surface area contributed by atoms with E-state index in [1.54, 1.807) is 18.2 Å². The van der Waals surface area contributed by atoms with E-state index < -0.39 is 18.0 Å². The van der Waals surface area contributed by atoms with Crippen molar-refractivity contribution in [2.24, 2.45) is 0 Å². The first-order valence-electron chi connectivity index (χ1n) is 6.43. The van der Waals surface area contributed by atoms with Crippen molar-refractivity contribution in [3.8, 4) is 0 Å². The largest absolute Gasteiger partial charge is 0.618 e. The Labute approximate surface area is 135 Å². The fourth-order valence-electron chi connectivity index (χ4n) is 1.67. The zero-order valence-corrected chi connectivity index (χ0v) is 13.2. The minimum Gasteiger partial charge on any atom is -0.618 e. The van der Waals surface area contributed by atoms with Gasteiger partial charge in [-0.25, -0.2) is 4.79 Å². The first kappa shape index (κ1) is 16.0. The Morgan fingerprint density at radius 2 is 2.05 bits per heavy atom. The van der Waals surface area contributed by atoms with Gasteiger partial charge in [-0.2, -0.15) is 4.73 Å². The standard InChI is InChI=1S/C15H13BrN2O4/c1-10(14(19)17-12-6-4-5-11(16)9-12)22-15(20)13-7-2-3-8-18(13)21/h2-10H,1H3,(H,17,19)/t10-/m0/s1. The van der Waals surface area contributed by atoms with Crippen molar-refractivity contribution in [1.82, 2.24) is 0 Å². The van der Waals surface area contributed by atoms with Gasteiger partial charge in [0.25, 0.3) is 5.91 Å². The molecule has 2 aromatic rings. The molecule has 7 heteroatoms. The number of aromatic nitrogens is 1. The molecule has 0 aliphatic rings. The molecule has 0 saturated heterocycles. The van der Waals surface area contributed by atoms with Gasteiger partial charge < -0.3 is 15.3 Å². The van der Waals surface area contributed by atoms with E-state index in [2.05, 4.69) is 21.2 Å². The van der Waals surface area contributed by atoms with Crippen LogP contribution >= 0.6 is 15.9 Å². The summed E-state index contributed by atoms with van der Waals surface area (Å²) in [4.78, 5) is 23.8. The van der Waals surface area contributed by atoms with E-state index >= 15 is 0 Å². The lowest BCUT2D eigenvalue weighted by Gasteiger charge is -2.13. The Hall–Kier alpha value is -2.41. The highest BCUT2D eigenvalue weighted by Crippen LogP contribution is 2.16. The summed E-state index contributed by atoms with van der Waals surface area (Å²) in [5.74, 6) is -1.34. The molecule has 0 unspecified atom stereocenters. The molecule has 114 valence electrons. The number of pyridine rings is 1. The lowest BCUT2D eigenvalue weighted by molar-refractivity contribution is -0.608. The van der Waals surface area contributed by atoms with Crippen LogP contribution in [0.15, 0.2) is 53.1 Å². The maximum Gasteiger partial charge on any atom is 0.405 e. The van der Waals surface area contributed by atoms with E-state index in [4.69, 9.17) is 4.74 Å². The smallest absolute Gasteiger partial charge is 0.405 e. The molecule has 1 aromatic heterocycles. The summed E-state index contributed by atoms with van der Waals surface area (Å²) in [5.41, 5.74) is 0.394. The first-order valence-corrected chi connectivity index (χ1v) is 7.22. The van der Waals surface area contributed by atoms with E-state index in [1.807, 2.05) is 6.07 Å². The molecule has 0 aliphatic heterocycles. The van der Waals surface area contributed by atoms with Crippen molar-refractivity contribution in [2.45, 2.75) is 13.0 Å². The summed E-state index contributed by atoms with van der Waals surface area (Å²) in [7, 11) is 0. The van der Waals surface area contributed by atoms with Gasteiger partial charge >= 0.3 is 11.7 Å². The number of ether oxygens (including phenoxy) is 1. The highest BCUT2D eigenvalue weighted by molar-refractivity contribution is 9.10. The van der Waals surface area contributed by atoms with Crippen LogP contribution in [0.4, 0.5) is 5.69 Å².